The molecule has 2 unspecified atom stereocenters. The Morgan fingerprint density at radius 1 is 0.270 bits per heavy atom. The molecule has 0 fully saturated rings. The van der Waals surface area contributed by atoms with Crippen LogP contribution in [0.25, 0.3) is 0 Å². The van der Waals surface area contributed by atoms with Gasteiger partial charge in [-0.1, -0.05) is 375 Å². The first-order valence-corrected chi connectivity index (χ1v) is 45.0. The van der Waals surface area contributed by atoms with Gasteiger partial charge in [0.2, 0.25) is 0 Å². The second-order valence-electron chi connectivity index (χ2n) is 30.1. The van der Waals surface area contributed by atoms with Gasteiger partial charge < -0.3 is 33.8 Å². The number of unbranched alkanes of at least 4 members (excludes halogenated alkanes) is 50. The highest BCUT2D eigenvalue weighted by Crippen LogP contribution is 2.45. The van der Waals surface area contributed by atoms with Crippen LogP contribution in [-0.2, 0) is 65.4 Å². The van der Waals surface area contributed by atoms with Crippen LogP contribution in [0.5, 0.6) is 0 Å². The molecule has 5 atom stereocenters. The predicted octanol–water partition coefficient (Wildman–Crippen LogP) is 24.3. The standard InChI is InChI=1S/C81H158O17P2/c1-7-9-11-13-15-16-17-18-23-31-36-41-47-53-59-65-80(85)97-76(69-91-78(83)63-57-51-43-14-12-10-8-2)71-95-99(87,88)93-67-75(82)68-94-100(89,90)96-72-77(98-81(86)66-60-54-48-42-37-32-27-22-20-25-29-34-39-45-50-56-62-74(5)6)70-92-79(84)64-58-52-46-40-35-30-26-21-19-24-28-33-38-44-49-55-61-73(3)4/h73-77,82H,7-72H2,1-6H3,(H,87,88)(H,89,90)/t75-,76+,77+/m0/s1. The summed E-state index contributed by atoms with van der Waals surface area (Å²) < 4.78 is 68.6. The third-order valence-electron chi connectivity index (χ3n) is 19.0. The molecule has 3 N–H and O–H groups in total. The van der Waals surface area contributed by atoms with Crippen molar-refractivity contribution >= 4 is 39.5 Å². The molecule has 0 spiro atoms. The minimum Gasteiger partial charge on any atom is -0.462 e. The van der Waals surface area contributed by atoms with Gasteiger partial charge in [0.15, 0.2) is 12.2 Å². The summed E-state index contributed by atoms with van der Waals surface area (Å²) in [7, 11) is -9.91. The molecule has 0 aromatic heterocycles. The van der Waals surface area contributed by atoms with Crippen LogP contribution < -0.4 is 0 Å². The summed E-state index contributed by atoms with van der Waals surface area (Å²) in [5.74, 6) is -0.490. The molecule has 0 aliphatic heterocycles. The molecule has 0 radical (unpaired) electrons. The number of phosphoric acid groups is 2. The summed E-state index contributed by atoms with van der Waals surface area (Å²) in [6.07, 6.45) is 62.6. The van der Waals surface area contributed by atoms with Crippen LogP contribution in [-0.4, -0.2) is 96.7 Å². The molecule has 0 aliphatic carbocycles. The van der Waals surface area contributed by atoms with E-state index in [0.717, 1.165) is 115 Å². The zero-order chi connectivity index (χ0) is 73.5. The second kappa shape index (κ2) is 72.6. The normalized spacial score (nSPS) is 13.9. The van der Waals surface area contributed by atoms with E-state index in [1.165, 1.54) is 231 Å². The Bertz CT molecular complexity index is 1920. The van der Waals surface area contributed by atoms with E-state index in [2.05, 4.69) is 41.5 Å². The highest BCUT2D eigenvalue weighted by molar-refractivity contribution is 7.47. The Morgan fingerprint density at radius 2 is 0.460 bits per heavy atom. The van der Waals surface area contributed by atoms with E-state index in [1.54, 1.807) is 0 Å². The van der Waals surface area contributed by atoms with Crippen molar-refractivity contribution in [1.82, 2.24) is 0 Å². The van der Waals surface area contributed by atoms with E-state index in [-0.39, 0.29) is 25.7 Å². The Labute approximate surface area is 613 Å². The van der Waals surface area contributed by atoms with Crippen LogP contribution in [0.3, 0.4) is 0 Å². The first-order valence-electron chi connectivity index (χ1n) is 42.0. The lowest BCUT2D eigenvalue weighted by Gasteiger charge is -2.21. The van der Waals surface area contributed by atoms with Gasteiger partial charge in [-0.3, -0.25) is 37.3 Å². The van der Waals surface area contributed by atoms with Crippen molar-refractivity contribution in [1.29, 1.82) is 0 Å². The first kappa shape index (κ1) is 98.1. The number of carbonyl (C=O) groups is 4. The number of hydrogen-bond donors (Lipinski definition) is 3. The maximum atomic E-state index is 13.1. The molecule has 0 rings (SSSR count). The van der Waals surface area contributed by atoms with Gasteiger partial charge in [-0.15, -0.1) is 0 Å². The van der Waals surface area contributed by atoms with Gasteiger partial charge in [-0.25, -0.2) is 9.13 Å². The van der Waals surface area contributed by atoms with Crippen LogP contribution in [0.2, 0.25) is 0 Å². The molecule has 0 aromatic rings. The zero-order valence-electron chi connectivity index (χ0n) is 65.5. The molecule has 0 saturated heterocycles. The first-order chi connectivity index (χ1) is 48.4. The van der Waals surface area contributed by atoms with Gasteiger partial charge in [0, 0.05) is 25.7 Å². The Morgan fingerprint density at radius 3 is 0.680 bits per heavy atom. The fraction of sp³-hybridized carbons (Fsp3) is 0.951. The average Bonchev–Trinajstić information content (AvgIpc) is 0.927. The van der Waals surface area contributed by atoms with Crippen LogP contribution in [0.15, 0.2) is 0 Å². The molecule has 17 nitrogen and oxygen atoms in total. The molecule has 0 heterocycles. The summed E-state index contributed by atoms with van der Waals surface area (Å²) in [6, 6.07) is 0. The highest BCUT2D eigenvalue weighted by Gasteiger charge is 2.30. The summed E-state index contributed by atoms with van der Waals surface area (Å²) in [5.41, 5.74) is 0. The summed E-state index contributed by atoms with van der Waals surface area (Å²) in [4.78, 5) is 72.9. The van der Waals surface area contributed by atoms with Crippen molar-refractivity contribution in [2.24, 2.45) is 11.8 Å². The number of carbonyl (C=O) groups excluding carboxylic acids is 4. The van der Waals surface area contributed by atoms with Crippen molar-refractivity contribution in [2.45, 2.75) is 445 Å². The fourth-order valence-corrected chi connectivity index (χ4v) is 14.1. The number of esters is 4. The molecule has 594 valence electrons. The lowest BCUT2D eigenvalue weighted by molar-refractivity contribution is -0.161. The van der Waals surface area contributed by atoms with Crippen molar-refractivity contribution in [3.63, 3.8) is 0 Å². The number of ether oxygens (including phenoxy) is 4. The lowest BCUT2D eigenvalue weighted by atomic mass is 10.0. The van der Waals surface area contributed by atoms with Crippen LogP contribution in [0.1, 0.15) is 427 Å². The van der Waals surface area contributed by atoms with E-state index >= 15 is 0 Å². The molecule has 100 heavy (non-hydrogen) atoms. The van der Waals surface area contributed by atoms with E-state index in [4.69, 9.17) is 37.0 Å². The third-order valence-corrected chi connectivity index (χ3v) is 20.9. The van der Waals surface area contributed by atoms with Crippen LogP contribution >= 0.6 is 15.6 Å². The molecular weight excluding hydrogens is 1310 g/mol. The highest BCUT2D eigenvalue weighted by atomic mass is 31.2. The van der Waals surface area contributed by atoms with Gasteiger partial charge >= 0.3 is 39.5 Å². The van der Waals surface area contributed by atoms with Gasteiger partial charge in [0.1, 0.15) is 19.3 Å². The van der Waals surface area contributed by atoms with E-state index in [0.29, 0.717) is 25.7 Å². The fourth-order valence-electron chi connectivity index (χ4n) is 12.5. The number of hydrogen-bond acceptors (Lipinski definition) is 15. The molecule has 19 heteroatoms. The topological polar surface area (TPSA) is 237 Å². The quantitative estimate of drug-likeness (QED) is 0.0222. The van der Waals surface area contributed by atoms with Gasteiger partial charge in [-0.05, 0) is 37.5 Å². The van der Waals surface area contributed by atoms with Crippen molar-refractivity contribution < 1.29 is 80.2 Å². The Hall–Kier alpha value is -1.94. The van der Waals surface area contributed by atoms with Gasteiger partial charge in [0.25, 0.3) is 0 Å². The maximum absolute atomic E-state index is 13.1. The molecule has 0 aliphatic rings. The molecular formula is C81H158O17P2. The van der Waals surface area contributed by atoms with Gasteiger partial charge in [0.05, 0.1) is 26.4 Å². The van der Waals surface area contributed by atoms with Crippen LogP contribution in [0.4, 0.5) is 0 Å². The second-order valence-corrected chi connectivity index (χ2v) is 33.0. The van der Waals surface area contributed by atoms with Crippen molar-refractivity contribution in [3.8, 4) is 0 Å². The van der Waals surface area contributed by atoms with E-state index < -0.39 is 97.5 Å². The largest absolute Gasteiger partial charge is 0.472 e. The zero-order valence-corrected chi connectivity index (χ0v) is 67.3. The minimum absolute atomic E-state index is 0.108. The summed E-state index contributed by atoms with van der Waals surface area (Å²) in [5, 5.41) is 10.6. The lowest BCUT2D eigenvalue weighted by Crippen LogP contribution is -2.30. The smallest absolute Gasteiger partial charge is 0.462 e. The summed E-state index contributed by atoms with van der Waals surface area (Å²) >= 11 is 0. The number of phosphoric ester groups is 2. The third kappa shape index (κ3) is 74.3. The molecule has 0 aromatic carbocycles. The Balaban J connectivity index is 5.18. The molecule has 0 saturated carbocycles. The van der Waals surface area contributed by atoms with E-state index in [1.807, 2.05) is 0 Å². The van der Waals surface area contributed by atoms with Gasteiger partial charge in [-0.2, -0.15) is 0 Å². The average molecular weight is 1470 g/mol. The summed E-state index contributed by atoms with van der Waals surface area (Å²) in [6.45, 7) is 9.66. The van der Waals surface area contributed by atoms with Crippen LogP contribution in [0, 0.1) is 11.8 Å². The number of rotatable bonds is 80. The monoisotopic (exact) mass is 1470 g/mol. The minimum atomic E-state index is -4.96. The predicted molar refractivity (Wildman–Crippen MR) is 409 cm³/mol. The molecule has 0 bridgehead atoms. The number of aliphatic hydroxyl groups is 1. The number of aliphatic hydroxyl groups excluding tert-OH is 1. The van der Waals surface area contributed by atoms with E-state index in [9.17, 15) is 43.2 Å². The maximum Gasteiger partial charge on any atom is 0.472 e. The van der Waals surface area contributed by atoms with Crippen molar-refractivity contribution in [3.05, 3.63) is 0 Å². The van der Waals surface area contributed by atoms with Crippen molar-refractivity contribution in [2.75, 3.05) is 39.6 Å². The SMILES string of the molecule is CCCCCCCCCCCCCCCCCC(=O)O[C@H](COC(=O)CCCCCCCCC)COP(=O)(O)OC[C@H](O)COP(=O)(O)OC[C@@H](COC(=O)CCCCCCCCCCCCCCCCCCC(C)C)OC(=O)CCCCCCCCCCCCCCCCCCC(C)C. The Kier molecular flexibility index (Phi) is 71.2. The molecule has 0 amide bonds.